The van der Waals surface area contributed by atoms with Crippen LogP contribution in [0.15, 0.2) is 22.7 Å². The summed E-state index contributed by atoms with van der Waals surface area (Å²) in [5, 5.41) is 9.42. The first-order valence-electron chi connectivity index (χ1n) is 7.19. The second-order valence-electron chi connectivity index (χ2n) is 6.58. The number of aliphatic hydroxyl groups excluding tert-OH is 1. The highest BCUT2D eigenvalue weighted by Gasteiger charge is 2.49. The summed E-state index contributed by atoms with van der Waals surface area (Å²) >= 11 is 1.04. The molecule has 25 heavy (non-hydrogen) atoms. The molecule has 0 aliphatic carbocycles. The van der Waals surface area contributed by atoms with Crippen molar-refractivity contribution in [1.29, 1.82) is 0 Å². The van der Waals surface area contributed by atoms with Crippen molar-refractivity contribution in [2.75, 3.05) is 6.67 Å². The highest BCUT2D eigenvalue weighted by atomic mass is 79.9. The lowest BCUT2D eigenvalue weighted by molar-refractivity contribution is -0.210. The summed E-state index contributed by atoms with van der Waals surface area (Å²) in [6.45, 7) is 3.07. The Hall–Kier alpha value is -0.420. The molecule has 0 radical (unpaired) electrons. The van der Waals surface area contributed by atoms with Crippen molar-refractivity contribution in [1.82, 2.24) is 4.72 Å². The van der Waals surface area contributed by atoms with E-state index in [9.17, 15) is 31.6 Å². The molecule has 0 aliphatic rings. The molecule has 0 heterocycles. The molecule has 2 N–H and O–H groups in total. The SMILES string of the molecule is CC(C)(C)[S@@+]([O-])N[C@@](CF)(C[C@H](O)C(F)(F)F)c1cc(Br)ccc1F. The standard InChI is InChI=1S/C15H19BrF5NO2S/c1-13(2,3)25(24)22-14(8-17,7-12(23)15(19,20)21)10-6-9(16)4-5-11(10)18/h4-6,12,22-23H,7-8H2,1-3H3/t12-,14+,25+/m0/s1. The lowest BCUT2D eigenvalue weighted by atomic mass is 9.86. The van der Waals surface area contributed by atoms with Gasteiger partial charge in [-0.2, -0.15) is 13.2 Å². The molecule has 0 saturated carbocycles. The molecule has 3 nitrogen and oxygen atoms in total. The third kappa shape index (κ3) is 5.78. The summed E-state index contributed by atoms with van der Waals surface area (Å²) in [5.74, 6) is -0.978. The van der Waals surface area contributed by atoms with Crippen molar-refractivity contribution in [3.05, 3.63) is 34.1 Å². The fourth-order valence-electron chi connectivity index (χ4n) is 2.00. The molecule has 0 aromatic heterocycles. The summed E-state index contributed by atoms with van der Waals surface area (Å²) in [6.07, 6.45) is -9.19. The number of benzene rings is 1. The predicted octanol–water partition coefficient (Wildman–Crippen LogP) is 4.12. The molecule has 0 fully saturated rings. The Morgan fingerprint density at radius 1 is 1.28 bits per heavy atom. The Kier molecular flexibility index (Phi) is 7.31. The summed E-state index contributed by atoms with van der Waals surface area (Å²) in [7, 11) is 0. The Morgan fingerprint density at radius 2 is 1.84 bits per heavy atom. The minimum absolute atomic E-state index is 0.298. The summed E-state index contributed by atoms with van der Waals surface area (Å²) in [6, 6.07) is 3.35. The van der Waals surface area contributed by atoms with Gasteiger partial charge < -0.3 is 9.66 Å². The van der Waals surface area contributed by atoms with Crippen LogP contribution in [0.2, 0.25) is 0 Å². The van der Waals surface area contributed by atoms with E-state index in [1.54, 1.807) is 0 Å². The van der Waals surface area contributed by atoms with Crippen LogP contribution in [-0.2, 0) is 16.9 Å². The summed E-state index contributed by atoms with van der Waals surface area (Å²) in [5.41, 5.74) is -2.77. The van der Waals surface area contributed by atoms with Crippen LogP contribution in [0.25, 0.3) is 0 Å². The predicted molar refractivity (Wildman–Crippen MR) is 89.5 cm³/mol. The molecule has 0 saturated heterocycles. The van der Waals surface area contributed by atoms with Crippen molar-refractivity contribution >= 4 is 27.3 Å². The maximum atomic E-state index is 14.3. The number of hydrogen-bond acceptors (Lipinski definition) is 3. The van der Waals surface area contributed by atoms with Gasteiger partial charge in [-0.1, -0.05) is 15.9 Å². The zero-order chi connectivity index (χ0) is 19.6. The number of nitrogens with one attached hydrogen (secondary N) is 1. The van der Waals surface area contributed by atoms with Crippen molar-refractivity contribution in [2.24, 2.45) is 0 Å². The van der Waals surface area contributed by atoms with Gasteiger partial charge in [0.1, 0.15) is 22.8 Å². The minimum atomic E-state index is -5.03. The van der Waals surface area contributed by atoms with Gasteiger partial charge in [-0.3, -0.25) is 0 Å². The molecule has 144 valence electrons. The van der Waals surface area contributed by atoms with E-state index in [0.29, 0.717) is 4.47 Å². The van der Waals surface area contributed by atoms with Crippen LogP contribution < -0.4 is 4.72 Å². The van der Waals surface area contributed by atoms with Gasteiger partial charge in [-0.25, -0.2) is 8.78 Å². The van der Waals surface area contributed by atoms with E-state index in [0.717, 1.165) is 12.1 Å². The summed E-state index contributed by atoms with van der Waals surface area (Å²) < 4.78 is 80.6. The van der Waals surface area contributed by atoms with Gasteiger partial charge in [0.25, 0.3) is 0 Å². The zero-order valence-corrected chi connectivity index (χ0v) is 16.2. The smallest absolute Gasteiger partial charge is 0.414 e. The van der Waals surface area contributed by atoms with Crippen LogP contribution in [0.1, 0.15) is 32.8 Å². The molecule has 0 bridgehead atoms. The van der Waals surface area contributed by atoms with Gasteiger partial charge in [0, 0.05) is 27.8 Å². The largest absolute Gasteiger partial charge is 0.598 e. The van der Waals surface area contributed by atoms with Gasteiger partial charge in [0.15, 0.2) is 6.10 Å². The Morgan fingerprint density at radius 3 is 2.28 bits per heavy atom. The number of alkyl halides is 4. The first-order valence-corrected chi connectivity index (χ1v) is 9.13. The highest BCUT2D eigenvalue weighted by Crippen LogP contribution is 2.37. The molecular formula is C15H19BrF5NO2S. The maximum Gasteiger partial charge on any atom is 0.414 e. The van der Waals surface area contributed by atoms with Gasteiger partial charge in [0.2, 0.25) is 0 Å². The second-order valence-corrected chi connectivity index (χ2v) is 9.47. The van der Waals surface area contributed by atoms with Gasteiger partial charge >= 0.3 is 6.18 Å². The van der Waals surface area contributed by atoms with E-state index < -0.39 is 58.4 Å². The minimum Gasteiger partial charge on any atom is -0.598 e. The molecule has 0 aliphatic heterocycles. The second kappa shape index (κ2) is 8.08. The molecule has 10 heteroatoms. The third-order valence-corrected chi connectivity index (χ3v) is 5.62. The van der Waals surface area contributed by atoms with E-state index in [1.807, 2.05) is 0 Å². The van der Waals surface area contributed by atoms with Gasteiger partial charge in [-0.15, -0.1) is 4.72 Å². The van der Waals surface area contributed by atoms with Crippen LogP contribution >= 0.6 is 15.9 Å². The van der Waals surface area contributed by atoms with Crippen LogP contribution in [0, 0.1) is 5.82 Å². The number of rotatable bonds is 6. The first-order chi connectivity index (χ1) is 11.2. The van der Waals surface area contributed by atoms with Crippen molar-refractivity contribution in [2.45, 2.75) is 49.8 Å². The fraction of sp³-hybridized carbons (Fsp3) is 0.600. The van der Waals surface area contributed by atoms with E-state index in [4.69, 9.17) is 0 Å². The van der Waals surface area contributed by atoms with Crippen LogP contribution in [0.5, 0.6) is 0 Å². The van der Waals surface area contributed by atoms with E-state index in [1.165, 1.54) is 26.8 Å². The van der Waals surface area contributed by atoms with E-state index in [-0.39, 0.29) is 0 Å². The van der Waals surface area contributed by atoms with Crippen molar-refractivity contribution < 1.29 is 31.6 Å². The Labute approximate surface area is 154 Å². The van der Waals surface area contributed by atoms with Crippen LogP contribution in [0.4, 0.5) is 22.0 Å². The zero-order valence-electron chi connectivity index (χ0n) is 13.8. The maximum absolute atomic E-state index is 14.3. The van der Waals surface area contributed by atoms with Crippen LogP contribution in [0.3, 0.4) is 0 Å². The first kappa shape index (κ1) is 22.6. The van der Waals surface area contributed by atoms with Gasteiger partial charge in [0.05, 0.1) is 0 Å². The Balaban J connectivity index is 3.44. The lowest BCUT2D eigenvalue weighted by Crippen LogP contribution is -2.55. The quantitative estimate of drug-likeness (QED) is 0.505. The molecule has 0 spiro atoms. The molecule has 3 atom stereocenters. The Bertz CT molecular complexity index is 572. The van der Waals surface area contributed by atoms with Gasteiger partial charge in [-0.05, 0) is 39.0 Å². The number of hydrogen-bond donors (Lipinski definition) is 2. The normalized spacial score (nSPS) is 17.9. The molecule has 0 unspecified atom stereocenters. The molecule has 1 rings (SSSR count). The summed E-state index contributed by atoms with van der Waals surface area (Å²) in [4.78, 5) is 0. The molecule has 1 aromatic carbocycles. The highest BCUT2D eigenvalue weighted by molar-refractivity contribution is 9.10. The van der Waals surface area contributed by atoms with Crippen molar-refractivity contribution in [3.8, 4) is 0 Å². The van der Waals surface area contributed by atoms with Crippen molar-refractivity contribution in [3.63, 3.8) is 0 Å². The topological polar surface area (TPSA) is 55.3 Å². The third-order valence-electron chi connectivity index (χ3n) is 3.44. The van der Waals surface area contributed by atoms with Crippen LogP contribution in [-0.4, -0.2) is 33.4 Å². The molecular weight excluding hydrogens is 433 g/mol. The molecule has 1 aromatic rings. The fourth-order valence-corrected chi connectivity index (χ4v) is 3.27. The van der Waals surface area contributed by atoms with E-state index >= 15 is 0 Å². The molecule has 0 amide bonds. The van der Waals surface area contributed by atoms with E-state index in [2.05, 4.69) is 20.7 Å². The average Bonchev–Trinajstić information content (AvgIpc) is 2.46. The lowest BCUT2D eigenvalue weighted by Gasteiger charge is -2.37. The number of halogens is 6. The monoisotopic (exact) mass is 451 g/mol. The number of aliphatic hydroxyl groups is 1. The average molecular weight is 452 g/mol.